The summed E-state index contributed by atoms with van der Waals surface area (Å²) in [5.41, 5.74) is 4.43. The lowest BCUT2D eigenvalue weighted by Crippen LogP contribution is -2.42. The van der Waals surface area contributed by atoms with Gasteiger partial charge >= 0.3 is 0 Å². The maximum Gasteiger partial charge on any atom is 0.0501 e. The first-order chi connectivity index (χ1) is 9.36. The molecule has 2 heteroatoms. The van der Waals surface area contributed by atoms with E-state index >= 15 is 0 Å². The van der Waals surface area contributed by atoms with Crippen molar-refractivity contribution in [2.24, 2.45) is 5.92 Å². The molecule has 2 aromatic rings. The molecule has 1 saturated heterocycles. The minimum Gasteiger partial charge on any atom is -0.357 e. The highest BCUT2D eigenvalue weighted by molar-refractivity contribution is 5.85. The first-order valence-corrected chi connectivity index (χ1v) is 7.70. The fraction of sp³-hybridized carbons (Fsp3) is 0.529. The van der Waals surface area contributed by atoms with Gasteiger partial charge in [-0.2, -0.15) is 0 Å². The number of rotatable bonds is 1. The molecule has 2 aliphatic heterocycles. The van der Waals surface area contributed by atoms with Crippen molar-refractivity contribution in [3.63, 3.8) is 0 Å². The predicted molar refractivity (Wildman–Crippen MR) is 79.3 cm³/mol. The van der Waals surface area contributed by atoms with Crippen molar-refractivity contribution in [1.82, 2.24) is 9.88 Å². The van der Waals surface area contributed by atoms with Gasteiger partial charge in [-0.1, -0.05) is 31.5 Å². The molecule has 0 bridgehead atoms. The molecule has 0 amide bonds. The van der Waals surface area contributed by atoms with Crippen LogP contribution < -0.4 is 0 Å². The van der Waals surface area contributed by atoms with Crippen LogP contribution >= 0.6 is 0 Å². The van der Waals surface area contributed by atoms with Crippen LogP contribution in [-0.4, -0.2) is 23.0 Å². The number of para-hydroxylation sites is 1. The van der Waals surface area contributed by atoms with Gasteiger partial charge in [0, 0.05) is 29.7 Å². The molecule has 0 saturated carbocycles. The van der Waals surface area contributed by atoms with Crippen molar-refractivity contribution in [3.8, 4) is 0 Å². The fourth-order valence-electron chi connectivity index (χ4n) is 4.06. The number of H-pyrrole nitrogens is 1. The van der Waals surface area contributed by atoms with Gasteiger partial charge in [-0.3, -0.25) is 4.90 Å². The van der Waals surface area contributed by atoms with Crippen molar-refractivity contribution < 1.29 is 0 Å². The normalized spacial score (nSPS) is 27.2. The summed E-state index contributed by atoms with van der Waals surface area (Å²) in [5, 5.41) is 1.45. The Labute approximate surface area is 114 Å². The third-order valence-electron chi connectivity index (χ3n) is 5.19. The molecule has 1 N–H and O–H groups in total. The van der Waals surface area contributed by atoms with Gasteiger partial charge in [-0.05, 0) is 36.8 Å². The quantitative estimate of drug-likeness (QED) is 0.818. The number of nitrogens with zero attached hydrogens (tertiary/aromatic N) is 1. The SMILES string of the molecule is CC[C@@H]1CC[C@@H]2c3[nH]c4ccccc4c3CCN2C1. The molecule has 100 valence electrons. The van der Waals surface area contributed by atoms with Crippen LogP contribution in [0, 0.1) is 5.92 Å². The minimum atomic E-state index is 0.652. The lowest BCUT2D eigenvalue weighted by atomic mass is 9.85. The van der Waals surface area contributed by atoms with Crippen LogP contribution in [0.25, 0.3) is 10.9 Å². The number of benzene rings is 1. The summed E-state index contributed by atoms with van der Waals surface area (Å²) >= 11 is 0. The highest BCUT2D eigenvalue weighted by Gasteiger charge is 2.34. The number of piperidine rings is 1. The van der Waals surface area contributed by atoms with Gasteiger partial charge in [-0.25, -0.2) is 0 Å². The Bertz CT molecular complexity index is 598. The molecular formula is C17H22N2. The summed E-state index contributed by atoms with van der Waals surface area (Å²) in [6.07, 6.45) is 5.28. The molecule has 1 fully saturated rings. The maximum atomic E-state index is 3.71. The third kappa shape index (κ3) is 1.73. The standard InChI is InChI=1S/C17H22N2/c1-2-12-7-8-16-17-14(9-10-19(16)11-12)13-5-3-4-6-15(13)18-17/h3-6,12,16,18H,2,7-11H2,1H3/t12-,16-/m1/s1. The lowest BCUT2D eigenvalue weighted by Gasteiger charge is -2.42. The summed E-state index contributed by atoms with van der Waals surface area (Å²) in [6, 6.07) is 9.44. The van der Waals surface area contributed by atoms with E-state index in [9.17, 15) is 0 Å². The van der Waals surface area contributed by atoms with Crippen LogP contribution in [0.15, 0.2) is 24.3 Å². The Kier molecular flexibility index (Phi) is 2.66. The first-order valence-electron chi connectivity index (χ1n) is 7.70. The second-order valence-electron chi connectivity index (χ2n) is 6.18. The summed E-state index contributed by atoms with van der Waals surface area (Å²) in [4.78, 5) is 6.42. The molecule has 1 aromatic carbocycles. The number of aromatic amines is 1. The zero-order chi connectivity index (χ0) is 12.8. The van der Waals surface area contributed by atoms with Crippen LogP contribution in [0.2, 0.25) is 0 Å². The molecule has 19 heavy (non-hydrogen) atoms. The Hall–Kier alpha value is -1.28. The van der Waals surface area contributed by atoms with E-state index in [4.69, 9.17) is 0 Å². The van der Waals surface area contributed by atoms with E-state index in [1.807, 2.05) is 0 Å². The number of aromatic nitrogens is 1. The van der Waals surface area contributed by atoms with E-state index in [1.165, 1.54) is 55.4 Å². The molecule has 2 nitrogen and oxygen atoms in total. The van der Waals surface area contributed by atoms with Gasteiger partial charge in [0.25, 0.3) is 0 Å². The molecule has 0 unspecified atom stereocenters. The van der Waals surface area contributed by atoms with E-state index in [1.54, 1.807) is 5.56 Å². The van der Waals surface area contributed by atoms with Crippen molar-refractivity contribution in [1.29, 1.82) is 0 Å². The molecule has 4 rings (SSSR count). The number of hydrogen-bond acceptors (Lipinski definition) is 1. The maximum absolute atomic E-state index is 3.71. The minimum absolute atomic E-state index is 0.652. The molecule has 3 heterocycles. The lowest BCUT2D eigenvalue weighted by molar-refractivity contribution is 0.0950. The summed E-state index contributed by atoms with van der Waals surface area (Å²) in [6.45, 7) is 4.88. The second kappa shape index (κ2) is 4.38. The molecule has 0 aliphatic carbocycles. The summed E-state index contributed by atoms with van der Waals surface area (Å²) in [5.74, 6) is 0.919. The van der Waals surface area contributed by atoms with E-state index in [0.717, 1.165) is 5.92 Å². The highest BCUT2D eigenvalue weighted by Crippen LogP contribution is 2.40. The predicted octanol–water partition coefficient (Wildman–Crippen LogP) is 3.89. The van der Waals surface area contributed by atoms with Crippen molar-refractivity contribution in [2.75, 3.05) is 13.1 Å². The zero-order valence-electron chi connectivity index (χ0n) is 11.7. The van der Waals surface area contributed by atoms with E-state index in [2.05, 4.69) is 41.1 Å². The zero-order valence-corrected chi connectivity index (χ0v) is 11.7. The van der Waals surface area contributed by atoms with Gasteiger partial charge in [0.15, 0.2) is 0 Å². The third-order valence-corrected chi connectivity index (χ3v) is 5.19. The Balaban J connectivity index is 1.75. The van der Waals surface area contributed by atoms with Gasteiger partial charge < -0.3 is 4.98 Å². The fourth-order valence-corrected chi connectivity index (χ4v) is 4.06. The second-order valence-corrected chi connectivity index (χ2v) is 6.18. The average molecular weight is 254 g/mol. The van der Waals surface area contributed by atoms with Crippen molar-refractivity contribution in [2.45, 2.75) is 38.6 Å². The van der Waals surface area contributed by atoms with Crippen molar-refractivity contribution >= 4 is 10.9 Å². The van der Waals surface area contributed by atoms with E-state index in [-0.39, 0.29) is 0 Å². The molecular weight excluding hydrogens is 232 g/mol. The monoisotopic (exact) mass is 254 g/mol. The van der Waals surface area contributed by atoms with E-state index in [0.29, 0.717) is 6.04 Å². The Morgan fingerprint density at radius 1 is 1.26 bits per heavy atom. The van der Waals surface area contributed by atoms with E-state index < -0.39 is 0 Å². The number of nitrogens with one attached hydrogen (secondary N) is 1. The number of fused-ring (bicyclic) bond motifs is 5. The molecule has 1 aromatic heterocycles. The Morgan fingerprint density at radius 3 is 3.05 bits per heavy atom. The molecule has 0 spiro atoms. The Morgan fingerprint density at radius 2 is 2.16 bits per heavy atom. The largest absolute Gasteiger partial charge is 0.357 e. The smallest absolute Gasteiger partial charge is 0.0501 e. The summed E-state index contributed by atoms with van der Waals surface area (Å²) in [7, 11) is 0. The average Bonchev–Trinajstić information content (AvgIpc) is 2.85. The molecule has 0 radical (unpaired) electrons. The van der Waals surface area contributed by atoms with Gasteiger partial charge in [0.05, 0.1) is 6.04 Å². The molecule has 2 aliphatic rings. The van der Waals surface area contributed by atoms with Crippen LogP contribution in [0.5, 0.6) is 0 Å². The molecule has 2 atom stereocenters. The topological polar surface area (TPSA) is 19.0 Å². The highest BCUT2D eigenvalue weighted by atomic mass is 15.2. The van der Waals surface area contributed by atoms with Crippen LogP contribution in [0.4, 0.5) is 0 Å². The van der Waals surface area contributed by atoms with Crippen LogP contribution in [0.3, 0.4) is 0 Å². The van der Waals surface area contributed by atoms with Gasteiger partial charge in [-0.15, -0.1) is 0 Å². The van der Waals surface area contributed by atoms with Crippen molar-refractivity contribution in [3.05, 3.63) is 35.5 Å². The van der Waals surface area contributed by atoms with Gasteiger partial charge in [0.1, 0.15) is 0 Å². The van der Waals surface area contributed by atoms with Crippen LogP contribution in [0.1, 0.15) is 43.5 Å². The number of hydrogen-bond donors (Lipinski definition) is 1. The van der Waals surface area contributed by atoms with Gasteiger partial charge in [0.2, 0.25) is 0 Å². The van der Waals surface area contributed by atoms with Crippen LogP contribution in [-0.2, 0) is 6.42 Å². The summed E-state index contributed by atoms with van der Waals surface area (Å²) < 4.78 is 0. The first kappa shape index (κ1) is 11.5.